The summed E-state index contributed by atoms with van der Waals surface area (Å²) in [4.78, 5) is 25.8. The van der Waals surface area contributed by atoms with E-state index < -0.39 is 109 Å². The van der Waals surface area contributed by atoms with Crippen molar-refractivity contribution in [2.45, 2.75) is 53.2 Å². The Hall–Kier alpha value is -12.0. The van der Waals surface area contributed by atoms with E-state index in [-0.39, 0.29) is 138 Å². The second-order valence-electron chi connectivity index (χ2n) is 24.9. The highest BCUT2D eigenvalue weighted by atomic mass is 32.2. The van der Waals surface area contributed by atoms with Gasteiger partial charge in [0.05, 0.1) is 100 Å². The first-order valence-electron chi connectivity index (χ1n) is 34.7. The fraction of sp³-hybridized carbons (Fsp3) is 0.229. The van der Waals surface area contributed by atoms with Gasteiger partial charge in [-0.3, -0.25) is 31.9 Å². The first kappa shape index (κ1) is 95.4. The average molecular weight is 1840 g/mol. The molecule has 0 aliphatic carbocycles. The molecule has 0 amide bonds. The van der Waals surface area contributed by atoms with Crippen LogP contribution in [0.4, 0.5) is 57.4 Å². The predicted molar refractivity (Wildman–Crippen MR) is 434 cm³/mol. The maximum absolute atomic E-state index is 11.8. The number of nitrogens with zero attached hydrogens (tertiary/aromatic N) is 14. The van der Waals surface area contributed by atoms with E-state index in [9.17, 15) is 86.2 Å². The van der Waals surface area contributed by atoms with Gasteiger partial charge in [-0.05, 0) is 97.8 Å². The minimum Gasteiger partial charge on any atom is -0.496 e. The molecule has 0 saturated carbocycles. The summed E-state index contributed by atoms with van der Waals surface area (Å²) in [5.41, 5.74) is 4.21. The third-order valence-electron chi connectivity index (χ3n) is 15.6. The van der Waals surface area contributed by atoms with Crippen LogP contribution in [0, 0.1) is 0 Å². The first-order chi connectivity index (χ1) is 57.4. The molecule has 0 bridgehead atoms. The van der Waals surface area contributed by atoms with Gasteiger partial charge in [-0.1, -0.05) is 66.7 Å². The number of nitrogens with one attached hydrogen (secondary N) is 2. The molecular formula is C70H72N16O28S8. The summed E-state index contributed by atoms with van der Waals surface area (Å²) in [5, 5.41) is 38.4. The summed E-state index contributed by atoms with van der Waals surface area (Å²) >= 11 is 0. The van der Waals surface area contributed by atoms with Crippen LogP contribution in [0.25, 0.3) is 0 Å². The topological polar surface area (TPSA) is 669 Å². The first-order valence-corrected chi connectivity index (χ1v) is 46.5. The van der Waals surface area contributed by atoms with Crippen molar-refractivity contribution in [2.24, 2.45) is 40.9 Å². The van der Waals surface area contributed by atoms with Gasteiger partial charge in [0.25, 0.3) is 70.8 Å². The lowest BCUT2D eigenvalue weighted by molar-refractivity contribution is 0.313. The largest absolute Gasteiger partial charge is 0.496 e. The molecule has 0 aliphatic heterocycles. The van der Waals surface area contributed by atoms with Crippen molar-refractivity contribution in [2.75, 3.05) is 74.2 Å². The zero-order chi connectivity index (χ0) is 89.1. The molecule has 10 rings (SSSR count). The zero-order valence-electron chi connectivity index (χ0n) is 63.4. The van der Waals surface area contributed by atoms with Crippen LogP contribution in [0.5, 0.6) is 23.0 Å². The van der Waals surface area contributed by atoms with E-state index in [1.54, 1.807) is 72.8 Å². The number of ether oxygens (including phenoxy) is 4. The Morgan fingerprint density at radius 1 is 0.328 bits per heavy atom. The van der Waals surface area contributed by atoms with E-state index >= 15 is 0 Å². The molecule has 2 heterocycles. The van der Waals surface area contributed by atoms with Gasteiger partial charge in [-0.25, -0.2) is 9.97 Å². The summed E-state index contributed by atoms with van der Waals surface area (Å²) < 4.78 is 274. The van der Waals surface area contributed by atoms with Crippen LogP contribution in [-0.4, -0.2) is 197 Å². The Morgan fingerprint density at radius 2 is 0.631 bits per heavy atom. The molecular weight excluding hydrogens is 1770 g/mol. The third-order valence-corrected chi connectivity index (χ3v) is 21.3. The lowest BCUT2D eigenvalue weighted by atomic mass is 10.1. The van der Waals surface area contributed by atoms with Crippen molar-refractivity contribution in [1.29, 1.82) is 0 Å². The second-order valence-corrected chi connectivity index (χ2v) is 35.8. The second kappa shape index (κ2) is 43.5. The van der Waals surface area contributed by atoms with E-state index in [0.717, 1.165) is 18.2 Å². The molecule has 0 saturated heterocycles. The van der Waals surface area contributed by atoms with Gasteiger partial charge >= 0.3 is 10.6 Å². The Labute approximate surface area is 699 Å². The molecule has 0 unspecified atom stereocenters. The monoisotopic (exact) mass is 1840 g/mol. The van der Waals surface area contributed by atoms with Crippen molar-refractivity contribution in [3.63, 3.8) is 0 Å². The van der Waals surface area contributed by atoms with Crippen LogP contribution in [0.2, 0.25) is 0 Å². The normalized spacial score (nSPS) is 12.2. The van der Waals surface area contributed by atoms with Crippen molar-refractivity contribution in [3.8, 4) is 23.0 Å². The SMILES string of the molecule is COc1cc(N=Nc2cccc(S(=O)(=O)O)c2)ccc1Cc1nc(Cc2ccc(N=Nc3ccccc3)cc2OCCCS(=O)(=O)O)nc(NCCS(=O)(=O)O)n1.COc1cc(N=Nc2cccc(S(=O)(=O)O)c2)ccc1Cc1nc(Cc2ccc(N=Nc3ccccc3S(=O)(=O)O)cc2OCCCS(=O)(=O)O)nc(NCCS(=O)(=O)O)n1.O=S(=O)=O. The highest BCUT2D eigenvalue weighted by Gasteiger charge is 2.21. The highest BCUT2D eigenvalue weighted by molar-refractivity contribution is 7.87. The number of anilines is 2. The molecule has 0 spiro atoms. The smallest absolute Gasteiger partial charge is 0.425 e. The highest BCUT2D eigenvalue weighted by Crippen LogP contribution is 2.35. The van der Waals surface area contributed by atoms with E-state index in [2.05, 4.69) is 81.5 Å². The summed E-state index contributed by atoms with van der Waals surface area (Å²) in [6.07, 6.45) is 0.0116. The summed E-state index contributed by atoms with van der Waals surface area (Å²) in [6.45, 7) is -0.749. The number of aromatic nitrogens is 6. The number of hydrogen-bond donors (Lipinski definition) is 9. The lowest BCUT2D eigenvalue weighted by Crippen LogP contribution is -2.18. The number of azo groups is 4. The molecule has 52 heteroatoms. The molecule has 8 aromatic carbocycles. The molecule has 9 N–H and O–H groups in total. The number of hydrogen-bond acceptors (Lipinski definition) is 37. The number of methoxy groups -OCH3 is 2. The Kier molecular flexibility index (Phi) is 34.0. The van der Waals surface area contributed by atoms with Crippen LogP contribution in [-0.2, 0) is 107 Å². The van der Waals surface area contributed by atoms with Crippen molar-refractivity contribution < 1.29 is 122 Å². The molecule has 0 atom stereocenters. The Balaban J connectivity index is 0.000000291. The van der Waals surface area contributed by atoms with Crippen molar-refractivity contribution >= 4 is 139 Å². The quantitative estimate of drug-likeness (QED) is 0.00981. The standard InChI is InChI=1S/C35H36N8O14S4.C35H36N8O11S3.O3S/c1-56-30-21-26(41-40-25-6-4-7-28(20-25)60(50,51)52)12-10-23(30)18-33-37-34(39-35(38-33)36-14-17-59(47,48)49)19-24-11-13-27(22-31(24)57-15-5-16-58(44,45)46)42-43-29-8-2-3-9-32(29)61(53,54)55;1-53-31-22-28(43-41-27-9-5-10-30(21-27)57(50,51)52)13-11-24(31)19-33-37-34(39-35(38-33)36-15-18-56(47,48)49)20-25-12-14-29(42-40-26-7-3-2-4-8-26)23-32(25)54-16-6-17-55(44,45)46;1-4(2)3/h2-4,6-13,20-22H,5,14-19H2,1H3,(H,44,45,46)(H,47,48,49)(H,50,51,52)(H,53,54,55)(H,36,37,38,39);2-5,7-14,21-23H,6,15-20H2,1H3,(H,44,45,46)(H,47,48,49)(H,50,51,52)(H,36,37,38,39);. The Morgan fingerprint density at radius 3 is 0.967 bits per heavy atom. The minimum atomic E-state index is -4.63. The van der Waals surface area contributed by atoms with Gasteiger partial charge in [0.2, 0.25) is 11.9 Å². The van der Waals surface area contributed by atoms with Gasteiger partial charge < -0.3 is 29.6 Å². The molecule has 0 fully saturated rings. The van der Waals surface area contributed by atoms with E-state index in [1.807, 2.05) is 18.2 Å². The third kappa shape index (κ3) is 33.9. The van der Waals surface area contributed by atoms with Gasteiger partial charge in [-0.2, -0.15) is 115 Å². The average Bonchev–Trinajstić information content (AvgIpc) is 0.821. The molecule has 10 aromatic rings. The molecule has 0 radical (unpaired) electrons. The number of benzene rings is 8. The Bertz CT molecular complexity index is 6530. The van der Waals surface area contributed by atoms with E-state index in [4.69, 9.17) is 36.1 Å². The van der Waals surface area contributed by atoms with E-state index in [1.165, 1.54) is 80.9 Å². The summed E-state index contributed by atoms with van der Waals surface area (Å²) in [7, 11) is -30.9. The zero-order valence-corrected chi connectivity index (χ0v) is 69.9. The van der Waals surface area contributed by atoms with Crippen LogP contribution >= 0.6 is 0 Å². The van der Waals surface area contributed by atoms with Crippen LogP contribution in [0.3, 0.4) is 0 Å². The molecule has 2 aromatic heterocycles. The summed E-state index contributed by atoms with van der Waals surface area (Å²) in [5.74, 6) is -0.487. The maximum Gasteiger partial charge on any atom is 0.425 e. The minimum absolute atomic E-state index is 0.00496. The molecule has 648 valence electrons. The predicted octanol–water partition coefficient (Wildman–Crippen LogP) is 10.4. The number of rotatable bonds is 39. The van der Waals surface area contributed by atoms with E-state index in [0.29, 0.717) is 62.3 Å². The van der Waals surface area contributed by atoms with Gasteiger partial charge in [0, 0.05) is 85.3 Å². The summed E-state index contributed by atoms with van der Waals surface area (Å²) in [6, 6.07) is 44.1. The van der Waals surface area contributed by atoms with Crippen LogP contribution < -0.4 is 29.6 Å². The van der Waals surface area contributed by atoms with Crippen molar-refractivity contribution in [3.05, 3.63) is 221 Å². The van der Waals surface area contributed by atoms with Crippen molar-refractivity contribution in [1.82, 2.24) is 29.9 Å². The van der Waals surface area contributed by atoms with Crippen LogP contribution in [0.1, 0.15) is 58.4 Å². The van der Waals surface area contributed by atoms with Crippen LogP contribution in [0.15, 0.2) is 232 Å². The molecule has 0 aliphatic rings. The fourth-order valence-corrected chi connectivity index (χ4v) is 13.7. The van der Waals surface area contributed by atoms with Gasteiger partial charge in [0.15, 0.2) is 0 Å². The fourth-order valence-electron chi connectivity index (χ4n) is 10.3. The maximum atomic E-state index is 11.8. The van der Waals surface area contributed by atoms with Gasteiger partial charge in [0.1, 0.15) is 56.9 Å². The molecule has 44 nitrogen and oxygen atoms in total. The molecule has 122 heavy (non-hydrogen) atoms. The van der Waals surface area contributed by atoms with Gasteiger partial charge in [-0.15, -0.1) is 17.7 Å². The lowest BCUT2D eigenvalue weighted by Gasteiger charge is -2.14.